The zero-order valence-electron chi connectivity index (χ0n) is 9.06. The Balaban J connectivity index is 2.90. The van der Waals surface area contributed by atoms with Crippen molar-refractivity contribution < 1.29 is 29.0 Å². The summed E-state index contributed by atoms with van der Waals surface area (Å²) in [4.78, 5) is 44.1. The molecule has 0 radical (unpaired) electrons. The lowest BCUT2D eigenvalue weighted by Crippen LogP contribution is -2.18. The van der Waals surface area contributed by atoms with E-state index < -0.39 is 23.3 Å². The minimum Gasteiger partial charge on any atom is -0.507 e. The van der Waals surface area contributed by atoms with Crippen molar-refractivity contribution in [2.75, 3.05) is 7.11 Å². The Morgan fingerprint density at radius 2 is 2.06 bits per heavy atom. The Morgan fingerprint density at radius 1 is 1.41 bits per heavy atom. The van der Waals surface area contributed by atoms with Gasteiger partial charge in [-0.1, -0.05) is 6.08 Å². The Labute approximate surface area is 96.6 Å². The molecule has 1 aliphatic carbocycles. The topological polar surface area (TPSA) is 97.7 Å². The fourth-order valence-corrected chi connectivity index (χ4v) is 1.29. The van der Waals surface area contributed by atoms with Gasteiger partial charge in [-0.05, 0) is 0 Å². The van der Waals surface area contributed by atoms with Crippen molar-refractivity contribution >= 4 is 23.3 Å². The van der Waals surface area contributed by atoms with Gasteiger partial charge in [0.15, 0.2) is 5.78 Å². The van der Waals surface area contributed by atoms with Gasteiger partial charge in [0.1, 0.15) is 11.5 Å². The summed E-state index contributed by atoms with van der Waals surface area (Å²) in [5, 5.41) is 9.48. The normalized spacial score (nSPS) is 16.5. The number of rotatable bonds is 3. The van der Waals surface area contributed by atoms with E-state index in [1.165, 1.54) is 6.08 Å². The van der Waals surface area contributed by atoms with Gasteiger partial charge in [0.2, 0.25) is 0 Å². The first-order valence-corrected chi connectivity index (χ1v) is 4.74. The van der Waals surface area contributed by atoms with Crippen LogP contribution in [0.15, 0.2) is 23.5 Å². The SMILES string of the molecule is COC(=O)C(=O)C=C(O)C1=CCC(=O)CC1=O. The second kappa shape index (κ2) is 5.20. The number of ether oxygens (including phenoxy) is 1. The van der Waals surface area contributed by atoms with Crippen LogP contribution >= 0.6 is 0 Å². The molecule has 0 fully saturated rings. The average Bonchev–Trinajstić information content (AvgIpc) is 2.27. The summed E-state index contributed by atoms with van der Waals surface area (Å²) in [5.41, 5.74) is -0.123. The Bertz CT molecular complexity index is 455. The highest BCUT2D eigenvalue weighted by molar-refractivity contribution is 6.38. The van der Waals surface area contributed by atoms with Crippen molar-refractivity contribution in [2.45, 2.75) is 12.8 Å². The zero-order valence-corrected chi connectivity index (χ0v) is 9.06. The summed E-state index contributed by atoms with van der Waals surface area (Å²) in [5.74, 6) is -3.68. The van der Waals surface area contributed by atoms with Gasteiger partial charge in [-0.15, -0.1) is 0 Å². The fraction of sp³-hybridized carbons (Fsp3) is 0.273. The number of allylic oxidation sites excluding steroid dienone is 2. The fourth-order valence-electron chi connectivity index (χ4n) is 1.29. The summed E-state index contributed by atoms with van der Waals surface area (Å²) < 4.78 is 4.14. The molecule has 0 amide bonds. The second-order valence-corrected chi connectivity index (χ2v) is 3.35. The monoisotopic (exact) mass is 238 g/mol. The van der Waals surface area contributed by atoms with Gasteiger partial charge >= 0.3 is 5.97 Å². The molecule has 0 aliphatic heterocycles. The number of carbonyl (C=O) groups is 4. The van der Waals surface area contributed by atoms with E-state index in [-0.39, 0.29) is 24.2 Å². The summed E-state index contributed by atoms with van der Waals surface area (Å²) >= 11 is 0. The number of esters is 1. The van der Waals surface area contributed by atoms with E-state index in [0.29, 0.717) is 6.08 Å². The number of aliphatic hydroxyl groups is 1. The summed E-state index contributed by atoms with van der Waals surface area (Å²) in [6.07, 6.45) is 1.54. The number of ketones is 3. The van der Waals surface area contributed by atoms with Gasteiger partial charge in [-0.3, -0.25) is 14.4 Å². The van der Waals surface area contributed by atoms with Crippen LogP contribution in [-0.2, 0) is 23.9 Å². The minimum atomic E-state index is -1.14. The highest BCUT2D eigenvalue weighted by Crippen LogP contribution is 2.17. The number of methoxy groups -OCH3 is 1. The van der Waals surface area contributed by atoms with E-state index in [1.54, 1.807) is 0 Å². The first-order valence-electron chi connectivity index (χ1n) is 4.74. The molecule has 0 spiro atoms. The molecule has 0 aromatic carbocycles. The maximum Gasteiger partial charge on any atom is 0.378 e. The van der Waals surface area contributed by atoms with Crippen molar-refractivity contribution in [3.63, 3.8) is 0 Å². The molecule has 6 nitrogen and oxygen atoms in total. The van der Waals surface area contributed by atoms with Gasteiger partial charge in [-0.2, -0.15) is 0 Å². The molecule has 1 rings (SSSR count). The van der Waals surface area contributed by atoms with Crippen molar-refractivity contribution in [3.05, 3.63) is 23.5 Å². The molecule has 0 atom stereocenters. The van der Waals surface area contributed by atoms with Crippen LogP contribution < -0.4 is 0 Å². The van der Waals surface area contributed by atoms with Crippen LogP contribution in [0.4, 0.5) is 0 Å². The van der Waals surface area contributed by atoms with Crippen molar-refractivity contribution in [1.82, 2.24) is 0 Å². The molecule has 0 heterocycles. The van der Waals surface area contributed by atoms with E-state index in [4.69, 9.17) is 0 Å². The van der Waals surface area contributed by atoms with Gasteiger partial charge < -0.3 is 9.84 Å². The number of hydrogen-bond donors (Lipinski definition) is 1. The van der Waals surface area contributed by atoms with Gasteiger partial charge in [0, 0.05) is 12.5 Å². The van der Waals surface area contributed by atoms with E-state index in [1.807, 2.05) is 0 Å². The standard InChI is InChI=1S/C11H10O6/c1-17-11(16)10(15)5-9(14)7-3-2-6(12)4-8(7)13/h3,5,14H,2,4H2,1H3. The van der Waals surface area contributed by atoms with Gasteiger partial charge in [0.25, 0.3) is 5.78 Å². The van der Waals surface area contributed by atoms with Crippen LogP contribution in [0.5, 0.6) is 0 Å². The van der Waals surface area contributed by atoms with Crippen LogP contribution in [0, 0.1) is 0 Å². The molecule has 1 N–H and O–H groups in total. The molecular weight excluding hydrogens is 228 g/mol. The molecule has 6 heteroatoms. The summed E-state index contributed by atoms with van der Waals surface area (Å²) in [7, 11) is 1.02. The first kappa shape index (κ1) is 12.8. The molecule has 0 bridgehead atoms. The lowest BCUT2D eigenvalue weighted by atomic mass is 9.95. The van der Waals surface area contributed by atoms with Crippen LogP contribution in [0.25, 0.3) is 0 Å². The quantitative estimate of drug-likeness (QED) is 0.245. The third-order valence-electron chi connectivity index (χ3n) is 2.12. The number of hydrogen-bond acceptors (Lipinski definition) is 6. The van der Waals surface area contributed by atoms with Crippen molar-refractivity contribution in [2.24, 2.45) is 0 Å². The van der Waals surface area contributed by atoms with Crippen molar-refractivity contribution in [1.29, 1.82) is 0 Å². The number of carbonyl (C=O) groups excluding carboxylic acids is 4. The van der Waals surface area contributed by atoms with E-state index in [0.717, 1.165) is 7.11 Å². The zero-order chi connectivity index (χ0) is 13.0. The number of Topliss-reactive ketones (excluding diaryl/α,β-unsaturated/α-hetero) is 2. The molecule has 17 heavy (non-hydrogen) atoms. The van der Waals surface area contributed by atoms with Crippen molar-refractivity contribution in [3.8, 4) is 0 Å². The van der Waals surface area contributed by atoms with E-state index in [9.17, 15) is 24.3 Å². The maximum absolute atomic E-state index is 11.3. The Kier molecular flexibility index (Phi) is 3.92. The molecule has 1 aliphatic rings. The summed E-state index contributed by atoms with van der Waals surface area (Å²) in [6.45, 7) is 0. The highest BCUT2D eigenvalue weighted by atomic mass is 16.5. The summed E-state index contributed by atoms with van der Waals surface area (Å²) in [6, 6.07) is 0. The molecule has 0 aromatic rings. The first-order chi connectivity index (χ1) is 7.95. The predicted molar refractivity (Wildman–Crippen MR) is 55.1 cm³/mol. The molecule has 0 saturated heterocycles. The van der Waals surface area contributed by atoms with Crippen LogP contribution in [0.1, 0.15) is 12.8 Å². The van der Waals surface area contributed by atoms with Crippen LogP contribution in [0.3, 0.4) is 0 Å². The third kappa shape index (κ3) is 3.10. The Hall–Kier alpha value is -2.24. The smallest absolute Gasteiger partial charge is 0.378 e. The maximum atomic E-state index is 11.3. The van der Waals surface area contributed by atoms with E-state index in [2.05, 4.69) is 4.74 Å². The molecular formula is C11H10O6. The van der Waals surface area contributed by atoms with Crippen LogP contribution in [-0.4, -0.2) is 35.5 Å². The van der Waals surface area contributed by atoms with Gasteiger partial charge in [-0.25, -0.2) is 4.79 Å². The lowest BCUT2D eigenvalue weighted by Gasteiger charge is -2.09. The minimum absolute atomic E-state index is 0.0192. The number of aliphatic hydroxyl groups excluding tert-OH is 1. The second-order valence-electron chi connectivity index (χ2n) is 3.35. The van der Waals surface area contributed by atoms with Gasteiger partial charge in [0.05, 0.1) is 19.1 Å². The molecule has 0 saturated carbocycles. The predicted octanol–water partition coefficient (Wildman–Crippen LogP) is 0.0288. The third-order valence-corrected chi connectivity index (χ3v) is 2.12. The lowest BCUT2D eigenvalue weighted by molar-refractivity contribution is -0.149. The Morgan fingerprint density at radius 3 is 2.59 bits per heavy atom. The van der Waals surface area contributed by atoms with Crippen LogP contribution in [0.2, 0.25) is 0 Å². The highest BCUT2D eigenvalue weighted by Gasteiger charge is 2.23. The van der Waals surface area contributed by atoms with E-state index >= 15 is 0 Å². The molecule has 90 valence electrons. The molecule has 0 aromatic heterocycles. The molecule has 0 unspecified atom stereocenters. The largest absolute Gasteiger partial charge is 0.507 e. The average molecular weight is 238 g/mol.